The van der Waals surface area contributed by atoms with Crippen molar-refractivity contribution in [3.8, 4) is 5.75 Å². The van der Waals surface area contributed by atoms with Gasteiger partial charge in [-0.1, -0.05) is 19.1 Å². The fourth-order valence-corrected chi connectivity index (χ4v) is 5.49. The van der Waals surface area contributed by atoms with E-state index in [-0.39, 0.29) is 10.8 Å². The van der Waals surface area contributed by atoms with Crippen LogP contribution in [0.4, 0.5) is 4.39 Å². The molecule has 0 N–H and O–H groups in total. The molecule has 1 amide bonds. The number of rotatable bonds is 6. The molecule has 1 aliphatic heterocycles. The second-order valence-electron chi connectivity index (χ2n) is 8.99. The van der Waals surface area contributed by atoms with Crippen molar-refractivity contribution in [2.75, 3.05) is 19.7 Å². The number of halogens is 1. The Labute approximate surface area is 167 Å². The minimum atomic E-state index is -0.0790. The molecule has 0 spiro atoms. The van der Waals surface area contributed by atoms with E-state index in [1.54, 1.807) is 0 Å². The van der Waals surface area contributed by atoms with E-state index in [1.165, 1.54) is 18.4 Å². The van der Waals surface area contributed by atoms with Gasteiger partial charge in [-0.05, 0) is 86.5 Å². The first-order chi connectivity index (χ1) is 13.6. The summed E-state index contributed by atoms with van der Waals surface area (Å²) in [7, 11) is 0. The number of hydrogen-bond acceptors (Lipinski definition) is 2. The Morgan fingerprint density at radius 2 is 1.68 bits per heavy atom. The molecule has 3 aliphatic carbocycles. The highest BCUT2D eigenvalue weighted by atomic mass is 19.1. The quantitative estimate of drug-likeness (QED) is 0.643. The summed E-state index contributed by atoms with van der Waals surface area (Å²) in [5, 5.41) is 0. The second-order valence-corrected chi connectivity index (χ2v) is 8.99. The maximum absolute atomic E-state index is 13.1. The third-order valence-corrected chi connectivity index (χ3v) is 7.59. The van der Waals surface area contributed by atoms with Gasteiger partial charge in [-0.3, -0.25) is 4.79 Å². The summed E-state index contributed by atoms with van der Waals surface area (Å²) in [6.45, 7) is 4.16. The monoisotopic (exact) mass is 385 g/mol. The van der Waals surface area contributed by atoms with Crippen LogP contribution >= 0.6 is 0 Å². The molecule has 3 nitrogen and oxygen atoms in total. The number of ether oxygens (including phenoxy) is 1. The van der Waals surface area contributed by atoms with E-state index in [2.05, 4.69) is 17.0 Å². The lowest BCUT2D eigenvalue weighted by Gasteiger charge is -2.53. The average Bonchev–Trinajstić information content (AvgIpc) is 3.30. The first-order valence-corrected chi connectivity index (χ1v) is 10.9. The Hall–Kier alpha value is -1.84. The highest BCUT2D eigenvalue weighted by molar-refractivity contribution is 5.83. The molecular weight excluding hydrogens is 353 g/mol. The Bertz CT molecular complexity index is 709. The molecule has 1 aromatic rings. The van der Waals surface area contributed by atoms with Crippen LogP contribution in [0.15, 0.2) is 36.2 Å². The zero-order valence-corrected chi connectivity index (χ0v) is 17.0. The van der Waals surface area contributed by atoms with Gasteiger partial charge in [-0.15, -0.1) is 0 Å². The highest BCUT2D eigenvalue weighted by Crippen LogP contribution is 2.58. The van der Waals surface area contributed by atoms with Gasteiger partial charge >= 0.3 is 0 Å². The number of nitrogens with zero attached hydrogens (tertiary/aromatic N) is 1. The largest absolute Gasteiger partial charge is 0.489 e. The Morgan fingerprint density at radius 3 is 2.21 bits per heavy atom. The molecule has 0 aromatic heterocycles. The summed E-state index contributed by atoms with van der Waals surface area (Å²) in [5.74, 6) is 1.23. The number of likely N-dealkylation sites (tertiary alicyclic amines) is 1. The molecule has 0 unspecified atom stereocenters. The molecular formula is C24H32FNO2. The van der Waals surface area contributed by atoms with Crippen LogP contribution in [-0.4, -0.2) is 30.5 Å². The smallest absolute Gasteiger partial charge is 0.228 e. The van der Waals surface area contributed by atoms with Gasteiger partial charge in [-0.25, -0.2) is 4.39 Å². The van der Waals surface area contributed by atoms with E-state index in [0.717, 1.165) is 57.4 Å². The standard InChI is InChI=1S/C24H32FNO2/c1-2-19(17-25)18-28-21-7-5-20(6-8-21)23-9-12-24(13-10-23,14-11-23)22(27)26-15-3-4-16-26/h5-8,17H,2-4,9-16,18H2,1H3/b19-17+. The molecule has 4 fully saturated rings. The number of carbonyl (C=O) groups excluding carboxylic acids is 1. The Morgan fingerprint density at radius 1 is 1.07 bits per heavy atom. The van der Waals surface area contributed by atoms with Gasteiger partial charge in [0.05, 0.1) is 6.33 Å². The molecule has 1 saturated heterocycles. The molecule has 0 radical (unpaired) electrons. The van der Waals surface area contributed by atoms with Crippen LogP contribution in [0, 0.1) is 5.41 Å². The van der Waals surface area contributed by atoms with Crippen LogP contribution in [0.1, 0.15) is 70.3 Å². The zero-order valence-electron chi connectivity index (χ0n) is 17.0. The summed E-state index contributed by atoms with van der Waals surface area (Å²) < 4.78 is 18.4. The molecule has 3 saturated carbocycles. The van der Waals surface area contributed by atoms with Crippen molar-refractivity contribution < 1.29 is 13.9 Å². The summed E-state index contributed by atoms with van der Waals surface area (Å²) in [5.41, 5.74) is 2.18. The van der Waals surface area contributed by atoms with E-state index in [0.29, 0.717) is 30.8 Å². The number of carbonyl (C=O) groups is 1. The van der Waals surface area contributed by atoms with Crippen molar-refractivity contribution in [2.45, 2.75) is 70.1 Å². The predicted molar refractivity (Wildman–Crippen MR) is 109 cm³/mol. The number of fused-ring (bicyclic) bond motifs is 3. The summed E-state index contributed by atoms with van der Waals surface area (Å²) in [6.07, 6.45) is 10.1. The van der Waals surface area contributed by atoms with E-state index < -0.39 is 0 Å². The first-order valence-electron chi connectivity index (χ1n) is 10.9. The van der Waals surface area contributed by atoms with Crippen molar-refractivity contribution >= 4 is 5.91 Å². The van der Waals surface area contributed by atoms with Crippen molar-refractivity contribution in [1.82, 2.24) is 4.90 Å². The average molecular weight is 386 g/mol. The fourth-order valence-electron chi connectivity index (χ4n) is 5.49. The SMILES string of the molecule is CC/C(=C\F)COc1ccc(C23CCC(C(=O)N4CCCC4)(CC2)CC3)cc1. The Kier molecular flexibility index (Phi) is 5.48. The molecule has 28 heavy (non-hydrogen) atoms. The van der Waals surface area contributed by atoms with Crippen molar-refractivity contribution in [3.63, 3.8) is 0 Å². The van der Waals surface area contributed by atoms with Crippen molar-refractivity contribution in [2.24, 2.45) is 5.41 Å². The number of benzene rings is 1. The predicted octanol–water partition coefficient (Wildman–Crippen LogP) is 5.54. The molecule has 1 heterocycles. The van der Waals surface area contributed by atoms with E-state index in [1.807, 2.05) is 19.1 Å². The first kappa shape index (κ1) is 19.5. The van der Waals surface area contributed by atoms with Crippen LogP contribution < -0.4 is 4.74 Å². The topological polar surface area (TPSA) is 29.5 Å². The zero-order chi connectivity index (χ0) is 19.6. The second kappa shape index (κ2) is 7.88. The molecule has 5 rings (SSSR count). The minimum absolute atomic E-state index is 0.0790. The van der Waals surface area contributed by atoms with Crippen LogP contribution in [0.3, 0.4) is 0 Å². The maximum atomic E-state index is 13.1. The highest BCUT2D eigenvalue weighted by Gasteiger charge is 2.53. The molecule has 4 heteroatoms. The van der Waals surface area contributed by atoms with E-state index in [9.17, 15) is 9.18 Å². The van der Waals surface area contributed by atoms with E-state index in [4.69, 9.17) is 4.74 Å². The van der Waals surface area contributed by atoms with Gasteiger partial charge in [-0.2, -0.15) is 0 Å². The van der Waals surface area contributed by atoms with Crippen LogP contribution in [0.2, 0.25) is 0 Å². The lowest BCUT2D eigenvalue weighted by Crippen LogP contribution is -2.52. The lowest BCUT2D eigenvalue weighted by atomic mass is 9.51. The van der Waals surface area contributed by atoms with Gasteiger partial charge < -0.3 is 9.64 Å². The maximum Gasteiger partial charge on any atom is 0.228 e. The molecule has 4 aliphatic rings. The number of hydrogen-bond donors (Lipinski definition) is 0. The fraction of sp³-hybridized carbons (Fsp3) is 0.625. The van der Waals surface area contributed by atoms with Crippen molar-refractivity contribution in [3.05, 3.63) is 41.7 Å². The van der Waals surface area contributed by atoms with Gasteiger partial charge in [0.2, 0.25) is 5.91 Å². The summed E-state index contributed by atoms with van der Waals surface area (Å²) in [6, 6.07) is 8.39. The van der Waals surface area contributed by atoms with Crippen LogP contribution in [0.5, 0.6) is 5.75 Å². The van der Waals surface area contributed by atoms with Gasteiger partial charge in [0, 0.05) is 18.5 Å². The van der Waals surface area contributed by atoms with Gasteiger partial charge in [0.25, 0.3) is 0 Å². The molecule has 1 aromatic carbocycles. The summed E-state index contributed by atoms with van der Waals surface area (Å²) in [4.78, 5) is 15.2. The van der Waals surface area contributed by atoms with Crippen molar-refractivity contribution in [1.29, 1.82) is 0 Å². The van der Waals surface area contributed by atoms with Crippen LogP contribution in [0.25, 0.3) is 0 Å². The Balaban J connectivity index is 1.40. The lowest BCUT2D eigenvalue weighted by molar-refractivity contribution is -0.148. The van der Waals surface area contributed by atoms with E-state index >= 15 is 0 Å². The third kappa shape index (κ3) is 3.46. The van der Waals surface area contributed by atoms with Gasteiger partial charge in [0.15, 0.2) is 0 Å². The minimum Gasteiger partial charge on any atom is -0.489 e. The molecule has 2 bridgehead atoms. The summed E-state index contributed by atoms with van der Waals surface area (Å²) >= 11 is 0. The normalized spacial score (nSPS) is 29.9. The molecule has 0 atom stereocenters. The molecule has 152 valence electrons. The van der Waals surface area contributed by atoms with Gasteiger partial charge in [0.1, 0.15) is 12.4 Å². The van der Waals surface area contributed by atoms with Crippen LogP contribution in [-0.2, 0) is 10.2 Å². The number of amides is 1. The third-order valence-electron chi connectivity index (χ3n) is 7.59.